The van der Waals surface area contributed by atoms with Crippen LogP contribution in [0.3, 0.4) is 0 Å². The van der Waals surface area contributed by atoms with E-state index < -0.39 is 8.32 Å². The smallest absolute Gasteiger partial charge is 0.264 e. The van der Waals surface area contributed by atoms with E-state index in [1.807, 2.05) is 0 Å². The van der Waals surface area contributed by atoms with Crippen LogP contribution in [0, 0.1) is 0 Å². The summed E-state index contributed by atoms with van der Waals surface area (Å²) in [5.41, 5.74) is 0. The maximum absolute atomic E-state index is 5.98. The molecular formula is C11H22O2Si. The number of ether oxygens (including phenoxy) is 1. The molecule has 0 saturated carbocycles. The van der Waals surface area contributed by atoms with E-state index in [1.165, 1.54) is 0 Å². The fraction of sp³-hybridized carbons (Fsp3) is 0.636. The highest BCUT2D eigenvalue weighted by atomic mass is 28.4. The van der Waals surface area contributed by atoms with Gasteiger partial charge in [0.2, 0.25) is 0 Å². The van der Waals surface area contributed by atoms with Crippen LogP contribution < -0.4 is 0 Å². The Hall–Kier alpha value is -0.703. The molecule has 14 heavy (non-hydrogen) atoms. The van der Waals surface area contributed by atoms with Crippen LogP contribution in [-0.4, -0.2) is 15.4 Å². The first-order valence-electron chi connectivity index (χ1n) is 5.23. The van der Waals surface area contributed by atoms with Gasteiger partial charge in [-0.15, -0.1) is 0 Å². The average molecular weight is 214 g/mol. The molecule has 0 aromatic heterocycles. The first-order valence-corrected chi connectivity index (χ1v) is 7.76. The molecule has 0 aliphatic carbocycles. The lowest BCUT2D eigenvalue weighted by atomic mass is 10.6. The predicted molar refractivity (Wildman–Crippen MR) is 63.6 cm³/mol. The number of allylic oxidation sites excluding steroid dienone is 2. The molecule has 0 N–H and O–H groups in total. The molecule has 0 aromatic rings. The van der Waals surface area contributed by atoms with Crippen molar-refractivity contribution in [3.63, 3.8) is 0 Å². The van der Waals surface area contributed by atoms with E-state index in [2.05, 4.69) is 27.4 Å². The summed E-state index contributed by atoms with van der Waals surface area (Å²) in [4.78, 5) is 0. The third-order valence-electron chi connectivity index (χ3n) is 2.71. The largest absolute Gasteiger partial charge is 0.519 e. The van der Waals surface area contributed by atoms with Crippen LogP contribution >= 0.6 is 0 Å². The zero-order valence-electron chi connectivity index (χ0n) is 9.80. The zero-order valence-corrected chi connectivity index (χ0v) is 10.8. The zero-order chi connectivity index (χ0) is 11.0. The van der Waals surface area contributed by atoms with E-state index in [4.69, 9.17) is 9.16 Å². The van der Waals surface area contributed by atoms with Crippen LogP contribution in [-0.2, 0) is 9.16 Å². The summed E-state index contributed by atoms with van der Waals surface area (Å²) >= 11 is 0. The molecule has 0 fully saturated rings. The molecule has 82 valence electrons. The highest BCUT2D eigenvalue weighted by Gasteiger charge is 2.31. The molecule has 0 radical (unpaired) electrons. The van der Waals surface area contributed by atoms with Gasteiger partial charge in [-0.05, 0) is 18.1 Å². The summed E-state index contributed by atoms with van der Waals surface area (Å²) in [6, 6.07) is 3.37. The first-order chi connectivity index (χ1) is 6.67. The fourth-order valence-corrected chi connectivity index (χ4v) is 3.93. The first kappa shape index (κ1) is 13.3. The monoisotopic (exact) mass is 214 g/mol. The second-order valence-electron chi connectivity index (χ2n) is 3.27. The molecule has 0 aromatic carbocycles. The predicted octanol–water partition coefficient (Wildman–Crippen LogP) is 3.68. The molecule has 0 atom stereocenters. The normalized spacial score (nSPS) is 12.4. The Morgan fingerprint density at radius 2 is 1.71 bits per heavy atom. The summed E-state index contributed by atoms with van der Waals surface area (Å²) in [5.74, 6) is 0.609. The third-order valence-corrected chi connectivity index (χ3v) is 7.21. The van der Waals surface area contributed by atoms with Gasteiger partial charge in [-0.1, -0.05) is 33.4 Å². The van der Waals surface area contributed by atoms with Gasteiger partial charge in [0.15, 0.2) is 0 Å². The van der Waals surface area contributed by atoms with Gasteiger partial charge in [0, 0.05) is 6.08 Å². The maximum atomic E-state index is 5.98. The number of rotatable bonds is 7. The Labute approximate surface area is 88.7 Å². The highest BCUT2D eigenvalue weighted by molar-refractivity contribution is 6.73. The summed E-state index contributed by atoms with van der Waals surface area (Å²) in [7, 11) is 0.0546. The van der Waals surface area contributed by atoms with Gasteiger partial charge < -0.3 is 9.16 Å². The van der Waals surface area contributed by atoms with Crippen molar-refractivity contribution in [2.75, 3.05) is 7.11 Å². The van der Waals surface area contributed by atoms with Crippen molar-refractivity contribution in [1.29, 1.82) is 0 Å². The van der Waals surface area contributed by atoms with Crippen molar-refractivity contribution >= 4 is 8.32 Å². The molecule has 0 saturated heterocycles. The number of hydrogen-bond acceptors (Lipinski definition) is 2. The van der Waals surface area contributed by atoms with E-state index in [1.54, 1.807) is 19.3 Å². The summed E-state index contributed by atoms with van der Waals surface area (Å²) in [5, 5.41) is 0. The number of hydrogen-bond donors (Lipinski definition) is 0. The van der Waals surface area contributed by atoms with Gasteiger partial charge in [-0.2, -0.15) is 0 Å². The minimum atomic E-state index is -1.58. The standard InChI is InChI=1S/C11H22O2Si/c1-6-10-11(12-5)13-14(7-2,8-3)9-4/h6,10H,1,7-9H2,2-5H3/b11-10-. The Bertz CT molecular complexity index is 187. The average Bonchev–Trinajstić information content (AvgIpc) is 2.25. The van der Waals surface area contributed by atoms with Crippen molar-refractivity contribution in [3.05, 3.63) is 24.7 Å². The van der Waals surface area contributed by atoms with Crippen molar-refractivity contribution in [3.8, 4) is 0 Å². The quantitative estimate of drug-likeness (QED) is 0.365. The highest BCUT2D eigenvalue weighted by Crippen LogP contribution is 2.24. The van der Waals surface area contributed by atoms with Gasteiger partial charge >= 0.3 is 0 Å². The molecule has 0 aliphatic rings. The van der Waals surface area contributed by atoms with E-state index in [9.17, 15) is 0 Å². The van der Waals surface area contributed by atoms with Crippen molar-refractivity contribution in [2.45, 2.75) is 38.9 Å². The summed E-state index contributed by atoms with van der Waals surface area (Å²) < 4.78 is 11.1. The summed E-state index contributed by atoms with van der Waals surface area (Å²) in [6.45, 7) is 10.2. The SMILES string of the molecule is C=C/C=C(/OC)O[Si](CC)(CC)CC. The van der Waals surface area contributed by atoms with Crippen molar-refractivity contribution in [1.82, 2.24) is 0 Å². The van der Waals surface area contributed by atoms with Crippen LogP contribution in [0.2, 0.25) is 18.1 Å². The van der Waals surface area contributed by atoms with Crippen molar-refractivity contribution in [2.24, 2.45) is 0 Å². The molecule has 2 nitrogen and oxygen atoms in total. The molecular weight excluding hydrogens is 192 g/mol. The van der Waals surface area contributed by atoms with Crippen LogP contribution in [0.25, 0.3) is 0 Å². The number of methoxy groups -OCH3 is 1. The Morgan fingerprint density at radius 1 is 1.21 bits per heavy atom. The lowest BCUT2D eigenvalue weighted by Crippen LogP contribution is -2.35. The van der Waals surface area contributed by atoms with Gasteiger partial charge in [0.25, 0.3) is 14.3 Å². The second kappa shape index (κ2) is 6.71. The van der Waals surface area contributed by atoms with Crippen LogP contribution in [0.4, 0.5) is 0 Å². The van der Waals surface area contributed by atoms with E-state index in [0.717, 1.165) is 18.1 Å². The second-order valence-corrected chi connectivity index (χ2v) is 7.96. The fourth-order valence-electron chi connectivity index (χ4n) is 1.42. The molecule has 3 heteroatoms. The summed E-state index contributed by atoms with van der Waals surface area (Å²) in [6.07, 6.45) is 3.47. The Balaban J connectivity index is 4.55. The van der Waals surface area contributed by atoms with Gasteiger partial charge in [0.05, 0.1) is 7.11 Å². The van der Waals surface area contributed by atoms with Gasteiger partial charge in [-0.3, -0.25) is 0 Å². The lowest BCUT2D eigenvalue weighted by Gasteiger charge is -2.29. The van der Waals surface area contributed by atoms with E-state index in [-0.39, 0.29) is 0 Å². The molecule has 0 amide bonds. The molecule has 0 rings (SSSR count). The maximum Gasteiger partial charge on any atom is 0.264 e. The minimum absolute atomic E-state index is 0.609. The molecule has 0 aliphatic heterocycles. The van der Waals surface area contributed by atoms with Gasteiger partial charge in [-0.25, -0.2) is 0 Å². The lowest BCUT2D eigenvalue weighted by molar-refractivity contribution is 0.143. The van der Waals surface area contributed by atoms with Gasteiger partial charge in [0.1, 0.15) is 0 Å². The van der Waals surface area contributed by atoms with E-state index >= 15 is 0 Å². The molecule has 0 unspecified atom stereocenters. The van der Waals surface area contributed by atoms with Crippen LogP contribution in [0.5, 0.6) is 0 Å². The van der Waals surface area contributed by atoms with Crippen LogP contribution in [0.1, 0.15) is 20.8 Å². The molecule has 0 heterocycles. The minimum Gasteiger partial charge on any atom is -0.519 e. The topological polar surface area (TPSA) is 18.5 Å². The molecule has 0 bridgehead atoms. The van der Waals surface area contributed by atoms with Crippen molar-refractivity contribution < 1.29 is 9.16 Å². The Kier molecular flexibility index (Phi) is 6.37. The third kappa shape index (κ3) is 3.58. The van der Waals surface area contributed by atoms with Crippen LogP contribution in [0.15, 0.2) is 24.7 Å². The molecule has 0 spiro atoms. The van der Waals surface area contributed by atoms with E-state index in [0.29, 0.717) is 5.95 Å². The Morgan fingerprint density at radius 3 is 2.00 bits per heavy atom.